The SMILES string of the molecule is Cc1cscc1C(Cl)Cc1ccc2ccccc2n1. The molecule has 0 saturated carbocycles. The zero-order chi connectivity index (χ0) is 13.2. The van der Waals surface area contributed by atoms with E-state index in [1.807, 2.05) is 18.2 Å². The highest BCUT2D eigenvalue weighted by Gasteiger charge is 2.13. The molecule has 0 fully saturated rings. The Morgan fingerprint density at radius 2 is 2.00 bits per heavy atom. The standard InChI is InChI=1S/C16H14ClNS/c1-11-9-19-10-14(11)15(17)8-13-7-6-12-4-2-3-5-16(12)18-13/h2-7,9-10,15H,8H2,1H3. The van der Waals surface area contributed by atoms with Crippen molar-refractivity contribution < 1.29 is 0 Å². The summed E-state index contributed by atoms with van der Waals surface area (Å²) in [5, 5.41) is 5.44. The molecule has 19 heavy (non-hydrogen) atoms. The lowest BCUT2D eigenvalue weighted by Gasteiger charge is -2.09. The Balaban J connectivity index is 1.87. The molecule has 1 atom stereocenters. The molecule has 0 aliphatic rings. The largest absolute Gasteiger partial charge is 0.253 e. The van der Waals surface area contributed by atoms with Crippen LogP contribution in [0.1, 0.15) is 22.2 Å². The molecule has 2 heterocycles. The minimum Gasteiger partial charge on any atom is -0.253 e. The lowest BCUT2D eigenvalue weighted by molar-refractivity contribution is 0.885. The molecule has 1 unspecified atom stereocenters. The van der Waals surface area contributed by atoms with Gasteiger partial charge in [-0.25, -0.2) is 0 Å². The molecular weight excluding hydrogens is 274 g/mol. The van der Waals surface area contributed by atoms with Gasteiger partial charge in [-0.2, -0.15) is 11.3 Å². The smallest absolute Gasteiger partial charge is 0.0705 e. The number of pyridine rings is 1. The average molecular weight is 288 g/mol. The highest BCUT2D eigenvalue weighted by atomic mass is 35.5. The van der Waals surface area contributed by atoms with E-state index < -0.39 is 0 Å². The van der Waals surface area contributed by atoms with Crippen molar-refractivity contribution in [1.82, 2.24) is 4.98 Å². The van der Waals surface area contributed by atoms with E-state index in [0.717, 1.165) is 17.6 Å². The number of benzene rings is 1. The van der Waals surface area contributed by atoms with Gasteiger partial charge in [-0.3, -0.25) is 4.98 Å². The Labute approximate surface area is 121 Å². The van der Waals surface area contributed by atoms with E-state index >= 15 is 0 Å². The van der Waals surface area contributed by atoms with Crippen LogP contribution in [0, 0.1) is 6.92 Å². The molecule has 0 saturated heterocycles. The number of aryl methyl sites for hydroxylation is 1. The predicted octanol–water partition coefficient (Wildman–Crippen LogP) is 5.13. The van der Waals surface area contributed by atoms with E-state index in [2.05, 4.69) is 40.9 Å². The Morgan fingerprint density at radius 1 is 1.16 bits per heavy atom. The summed E-state index contributed by atoms with van der Waals surface area (Å²) >= 11 is 8.21. The quantitative estimate of drug-likeness (QED) is 0.609. The van der Waals surface area contributed by atoms with Gasteiger partial charge in [0.2, 0.25) is 0 Å². The van der Waals surface area contributed by atoms with Gasteiger partial charge in [0, 0.05) is 17.5 Å². The third-order valence-electron chi connectivity index (χ3n) is 3.28. The number of aromatic nitrogens is 1. The van der Waals surface area contributed by atoms with E-state index in [1.54, 1.807) is 11.3 Å². The van der Waals surface area contributed by atoms with Gasteiger partial charge in [-0.05, 0) is 40.9 Å². The number of hydrogen-bond donors (Lipinski definition) is 0. The van der Waals surface area contributed by atoms with Crippen LogP contribution in [0.3, 0.4) is 0 Å². The van der Waals surface area contributed by atoms with Crippen molar-refractivity contribution in [3.63, 3.8) is 0 Å². The molecule has 3 rings (SSSR count). The van der Waals surface area contributed by atoms with E-state index in [0.29, 0.717) is 0 Å². The number of thiophene rings is 1. The fourth-order valence-corrected chi connectivity index (χ4v) is 3.58. The summed E-state index contributed by atoms with van der Waals surface area (Å²) in [4.78, 5) is 4.67. The first-order chi connectivity index (χ1) is 9.24. The molecule has 0 radical (unpaired) electrons. The Morgan fingerprint density at radius 3 is 2.79 bits per heavy atom. The topological polar surface area (TPSA) is 12.9 Å². The van der Waals surface area contributed by atoms with Crippen LogP contribution in [0.2, 0.25) is 0 Å². The summed E-state index contributed by atoms with van der Waals surface area (Å²) < 4.78 is 0. The van der Waals surface area contributed by atoms with E-state index in [9.17, 15) is 0 Å². The van der Waals surface area contributed by atoms with Crippen LogP contribution in [-0.2, 0) is 6.42 Å². The van der Waals surface area contributed by atoms with Crippen LogP contribution in [0.4, 0.5) is 0 Å². The molecule has 96 valence electrons. The molecule has 1 aromatic carbocycles. The van der Waals surface area contributed by atoms with Gasteiger partial charge >= 0.3 is 0 Å². The van der Waals surface area contributed by atoms with E-state index in [-0.39, 0.29) is 5.38 Å². The molecule has 0 N–H and O–H groups in total. The molecule has 0 amide bonds. The molecule has 0 aliphatic heterocycles. The first-order valence-corrected chi connectivity index (χ1v) is 7.63. The summed E-state index contributed by atoms with van der Waals surface area (Å²) in [5.41, 5.74) is 4.57. The van der Waals surface area contributed by atoms with Crippen molar-refractivity contribution in [2.45, 2.75) is 18.7 Å². The highest BCUT2D eigenvalue weighted by molar-refractivity contribution is 7.08. The molecule has 3 heteroatoms. The number of rotatable bonds is 3. The highest BCUT2D eigenvalue weighted by Crippen LogP contribution is 2.29. The third-order valence-corrected chi connectivity index (χ3v) is 4.55. The second-order valence-corrected chi connectivity index (χ2v) is 5.95. The summed E-state index contributed by atoms with van der Waals surface area (Å²) in [7, 11) is 0. The Kier molecular flexibility index (Phi) is 3.54. The molecular formula is C16H14ClNS. The van der Waals surface area contributed by atoms with Gasteiger partial charge in [-0.1, -0.05) is 24.3 Å². The number of para-hydroxylation sites is 1. The molecule has 0 aliphatic carbocycles. The summed E-state index contributed by atoms with van der Waals surface area (Å²) in [5.74, 6) is 0. The maximum atomic E-state index is 6.51. The first-order valence-electron chi connectivity index (χ1n) is 6.25. The summed E-state index contributed by atoms with van der Waals surface area (Å²) in [6, 6.07) is 12.3. The van der Waals surface area contributed by atoms with Crippen molar-refractivity contribution in [2.24, 2.45) is 0 Å². The monoisotopic (exact) mass is 287 g/mol. The maximum Gasteiger partial charge on any atom is 0.0705 e. The Bertz CT molecular complexity index is 705. The van der Waals surface area contributed by atoms with Gasteiger partial charge in [-0.15, -0.1) is 11.6 Å². The van der Waals surface area contributed by atoms with Crippen LogP contribution in [0.15, 0.2) is 47.2 Å². The van der Waals surface area contributed by atoms with Crippen LogP contribution < -0.4 is 0 Å². The molecule has 0 spiro atoms. The molecule has 3 aromatic rings. The fraction of sp³-hybridized carbons (Fsp3) is 0.188. The van der Waals surface area contributed by atoms with Gasteiger partial charge in [0.05, 0.1) is 10.9 Å². The zero-order valence-corrected chi connectivity index (χ0v) is 12.2. The van der Waals surface area contributed by atoms with Crippen molar-refractivity contribution in [1.29, 1.82) is 0 Å². The molecule has 1 nitrogen and oxygen atoms in total. The van der Waals surface area contributed by atoms with Gasteiger partial charge in [0.25, 0.3) is 0 Å². The lowest BCUT2D eigenvalue weighted by atomic mass is 10.1. The molecule has 2 aromatic heterocycles. The van der Waals surface area contributed by atoms with Crippen molar-refractivity contribution in [2.75, 3.05) is 0 Å². The maximum absolute atomic E-state index is 6.51. The van der Waals surface area contributed by atoms with Crippen LogP contribution in [0.5, 0.6) is 0 Å². The normalized spacial score (nSPS) is 12.7. The van der Waals surface area contributed by atoms with Crippen LogP contribution >= 0.6 is 22.9 Å². The average Bonchev–Trinajstić information content (AvgIpc) is 2.85. The van der Waals surface area contributed by atoms with Gasteiger partial charge in [0.1, 0.15) is 0 Å². The Hall–Kier alpha value is -1.38. The number of fused-ring (bicyclic) bond motifs is 1. The number of hydrogen-bond acceptors (Lipinski definition) is 2. The van der Waals surface area contributed by atoms with Crippen LogP contribution in [0.25, 0.3) is 10.9 Å². The number of alkyl halides is 1. The number of halogens is 1. The summed E-state index contributed by atoms with van der Waals surface area (Å²) in [6.07, 6.45) is 0.768. The minimum atomic E-state index is -0.0000813. The summed E-state index contributed by atoms with van der Waals surface area (Å²) in [6.45, 7) is 2.11. The first kappa shape index (κ1) is 12.6. The second kappa shape index (κ2) is 5.32. The molecule has 0 bridgehead atoms. The third kappa shape index (κ3) is 2.65. The fourth-order valence-electron chi connectivity index (χ4n) is 2.21. The van der Waals surface area contributed by atoms with Crippen LogP contribution in [-0.4, -0.2) is 4.98 Å². The van der Waals surface area contributed by atoms with E-state index in [1.165, 1.54) is 16.5 Å². The second-order valence-electron chi connectivity index (χ2n) is 4.68. The van der Waals surface area contributed by atoms with Crippen molar-refractivity contribution in [3.8, 4) is 0 Å². The van der Waals surface area contributed by atoms with Crippen molar-refractivity contribution in [3.05, 3.63) is 64.0 Å². The predicted molar refractivity (Wildman–Crippen MR) is 83.1 cm³/mol. The zero-order valence-electron chi connectivity index (χ0n) is 10.6. The lowest BCUT2D eigenvalue weighted by Crippen LogP contribution is -1.98. The van der Waals surface area contributed by atoms with E-state index in [4.69, 9.17) is 11.6 Å². The van der Waals surface area contributed by atoms with Gasteiger partial charge in [0.15, 0.2) is 0 Å². The van der Waals surface area contributed by atoms with Crippen molar-refractivity contribution >= 4 is 33.8 Å². The minimum absolute atomic E-state index is 0.0000813. The van der Waals surface area contributed by atoms with Gasteiger partial charge < -0.3 is 0 Å². The number of nitrogens with zero attached hydrogens (tertiary/aromatic N) is 1.